The highest BCUT2D eigenvalue weighted by atomic mass is 16.5. The SMILES string of the molecule is C=C(CNC)CN(C)CCCOC. The van der Waals surface area contributed by atoms with Gasteiger partial charge in [-0.1, -0.05) is 6.58 Å². The second-order valence-corrected chi connectivity index (χ2v) is 3.36. The first kappa shape index (κ1) is 12.6. The monoisotopic (exact) mass is 186 g/mol. The Hall–Kier alpha value is -0.380. The van der Waals surface area contributed by atoms with Crippen molar-refractivity contribution in [2.24, 2.45) is 0 Å². The summed E-state index contributed by atoms with van der Waals surface area (Å²) in [5.74, 6) is 0. The molecular formula is C10H22N2O. The molecular weight excluding hydrogens is 164 g/mol. The zero-order chi connectivity index (χ0) is 10.1. The van der Waals surface area contributed by atoms with Gasteiger partial charge in [0, 0.05) is 33.4 Å². The van der Waals surface area contributed by atoms with Crippen LogP contribution in [0.2, 0.25) is 0 Å². The molecule has 0 saturated heterocycles. The van der Waals surface area contributed by atoms with Crippen LogP contribution in [-0.2, 0) is 4.74 Å². The maximum atomic E-state index is 4.98. The van der Waals surface area contributed by atoms with Crippen molar-refractivity contribution in [1.29, 1.82) is 0 Å². The van der Waals surface area contributed by atoms with Crippen LogP contribution < -0.4 is 5.32 Å². The molecule has 0 radical (unpaired) electrons. The van der Waals surface area contributed by atoms with E-state index in [9.17, 15) is 0 Å². The maximum Gasteiger partial charge on any atom is 0.0474 e. The Kier molecular flexibility index (Phi) is 7.99. The number of hydrogen-bond acceptors (Lipinski definition) is 3. The van der Waals surface area contributed by atoms with Gasteiger partial charge in [-0.05, 0) is 26.1 Å². The minimum Gasteiger partial charge on any atom is -0.385 e. The number of ether oxygens (including phenoxy) is 1. The van der Waals surface area contributed by atoms with E-state index in [1.165, 1.54) is 5.57 Å². The molecule has 0 unspecified atom stereocenters. The third kappa shape index (κ3) is 7.96. The molecule has 0 bridgehead atoms. The lowest BCUT2D eigenvalue weighted by Gasteiger charge is -2.17. The highest BCUT2D eigenvalue weighted by Gasteiger charge is 1.99. The van der Waals surface area contributed by atoms with Gasteiger partial charge in [-0.3, -0.25) is 0 Å². The fourth-order valence-electron chi connectivity index (χ4n) is 1.25. The molecule has 0 rings (SSSR count). The van der Waals surface area contributed by atoms with Crippen molar-refractivity contribution in [3.63, 3.8) is 0 Å². The molecule has 0 aliphatic carbocycles. The lowest BCUT2D eigenvalue weighted by molar-refractivity contribution is 0.181. The van der Waals surface area contributed by atoms with Crippen molar-refractivity contribution < 1.29 is 4.74 Å². The first-order valence-electron chi connectivity index (χ1n) is 4.69. The molecule has 13 heavy (non-hydrogen) atoms. The Bertz CT molecular complexity index is 137. The molecule has 0 aromatic carbocycles. The van der Waals surface area contributed by atoms with Gasteiger partial charge < -0.3 is 15.0 Å². The third-order valence-corrected chi connectivity index (χ3v) is 1.81. The summed E-state index contributed by atoms with van der Waals surface area (Å²) < 4.78 is 4.98. The molecule has 0 aromatic rings. The molecule has 3 heteroatoms. The third-order valence-electron chi connectivity index (χ3n) is 1.81. The summed E-state index contributed by atoms with van der Waals surface area (Å²) in [5.41, 5.74) is 1.22. The molecule has 0 aliphatic heterocycles. The highest BCUT2D eigenvalue weighted by Crippen LogP contribution is 1.94. The van der Waals surface area contributed by atoms with Crippen LogP contribution in [0.3, 0.4) is 0 Å². The highest BCUT2D eigenvalue weighted by molar-refractivity contribution is 4.98. The zero-order valence-electron chi connectivity index (χ0n) is 9.10. The van der Waals surface area contributed by atoms with Crippen molar-refractivity contribution in [2.75, 3.05) is 47.4 Å². The van der Waals surface area contributed by atoms with E-state index in [1.54, 1.807) is 7.11 Å². The zero-order valence-corrected chi connectivity index (χ0v) is 9.10. The molecule has 0 saturated carbocycles. The number of likely N-dealkylation sites (N-methyl/N-ethyl adjacent to an activating group) is 2. The second-order valence-electron chi connectivity index (χ2n) is 3.36. The summed E-state index contributed by atoms with van der Waals surface area (Å²) in [4.78, 5) is 2.26. The summed E-state index contributed by atoms with van der Waals surface area (Å²) in [5, 5.41) is 3.09. The fourth-order valence-corrected chi connectivity index (χ4v) is 1.25. The van der Waals surface area contributed by atoms with E-state index in [4.69, 9.17) is 4.74 Å². The number of nitrogens with one attached hydrogen (secondary N) is 1. The summed E-state index contributed by atoms with van der Waals surface area (Å²) in [6.45, 7) is 7.74. The van der Waals surface area contributed by atoms with Crippen molar-refractivity contribution in [1.82, 2.24) is 10.2 Å². The molecule has 1 N–H and O–H groups in total. The average Bonchev–Trinajstić information content (AvgIpc) is 2.05. The van der Waals surface area contributed by atoms with E-state index in [2.05, 4.69) is 23.8 Å². The van der Waals surface area contributed by atoms with Crippen molar-refractivity contribution in [2.45, 2.75) is 6.42 Å². The quantitative estimate of drug-likeness (QED) is 0.447. The second kappa shape index (κ2) is 8.23. The first-order chi connectivity index (χ1) is 6.20. The molecule has 0 amide bonds. The lowest BCUT2D eigenvalue weighted by Crippen LogP contribution is -2.26. The Morgan fingerprint density at radius 1 is 1.54 bits per heavy atom. The number of methoxy groups -OCH3 is 1. The number of rotatable bonds is 8. The van der Waals surface area contributed by atoms with Crippen LogP contribution in [0.4, 0.5) is 0 Å². The van der Waals surface area contributed by atoms with Gasteiger partial charge in [-0.15, -0.1) is 0 Å². The molecule has 0 fully saturated rings. The van der Waals surface area contributed by atoms with E-state index in [0.29, 0.717) is 0 Å². The van der Waals surface area contributed by atoms with E-state index in [1.807, 2.05) is 7.05 Å². The van der Waals surface area contributed by atoms with Gasteiger partial charge in [0.05, 0.1) is 0 Å². The Balaban J connectivity index is 3.38. The largest absolute Gasteiger partial charge is 0.385 e. The van der Waals surface area contributed by atoms with Gasteiger partial charge in [0.25, 0.3) is 0 Å². The molecule has 0 spiro atoms. The van der Waals surface area contributed by atoms with Gasteiger partial charge in [0.15, 0.2) is 0 Å². The number of hydrogen-bond donors (Lipinski definition) is 1. The van der Waals surface area contributed by atoms with Crippen LogP contribution in [0.1, 0.15) is 6.42 Å². The van der Waals surface area contributed by atoms with E-state index in [-0.39, 0.29) is 0 Å². The molecule has 0 atom stereocenters. The predicted octanol–water partition coefficient (Wildman–Crippen LogP) is 0.730. The van der Waals surface area contributed by atoms with Crippen molar-refractivity contribution in [3.05, 3.63) is 12.2 Å². The van der Waals surface area contributed by atoms with Crippen LogP contribution in [0.25, 0.3) is 0 Å². The predicted molar refractivity (Wildman–Crippen MR) is 57.1 cm³/mol. The van der Waals surface area contributed by atoms with Crippen LogP contribution in [-0.4, -0.2) is 52.3 Å². The van der Waals surface area contributed by atoms with Crippen molar-refractivity contribution >= 4 is 0 Å². The summed E-state index contributed by atoms with van der Waals surface area (Å²) >= 11 is 0. The van der Waals surface area contributed by atoms with E-state index >= 15 is 0 Å². The molecule has 0 aromatic heterocycles. The molecule has 3 nitrogen and oxygen atoms in total. The standard InChI is InChI=1S/C10H22N2O/c1-10(8-11-2)9-12(3)6-5-7-13-4/h11H,1,5-9H2,2-4H3. The smallest absolute Gasteiger partial charge is 0.0474 e. The summed E-state index contributed by atoms with van der Waals surface area (Å²) in [6, 6.07) is 0. The average molecular weight is 186 g/mol. The van der Waals surface area contributed by atoms with Crippen molar-refractivity contribution in [3.8, 4) is 0 Å². The molecule has 0 aliphatic rings. The number of nitrogens with zero attached hydrogens (tertiary/aromatic N) is 1. The Labute approximate surface area is 81.8 Å². The minimum atomic E-state index is 0.836. The van der Waals surface area contributed by atoms with E-state index < -0.39 is 0 Å². The fraction of sp³-hybridized carbons (Fsp3) is 0.800. The minimum absolute atomic E-state index is 0.836. The van der Waals surface area contributed by atoms with Gasteiger partial charge >= 0.3 is 0 Å². The van der Waals surface area contributed by atoms with Crippen LogP contribution in [0, 0.1) is 0 Å². The Morgan fingerprint density at radius 2 is 2.23 bits per heavy atom. The maximum absolute atomic E-state index is 4.98. The van der Waals surface area contributed by atoms with Crippen LogP contribution in [0.15, 0.2) is 12.2 Å². The lowest BCUT2D eigenvalue weighted by atomic mass is 10.3. The Morgan fingerprint density at radius 3 is 2.77 bits per heavy atom. The van der Waals surface area contributed by atoms with Crippen LogP contribution >= 0.6 is 0 Å². The molecule has 78 valence electrons. The topological polar surface area (TPSA) is 24.5 Å². The first-order valence-corrected chi connectivity index (χ1v) is 4.69. The normalized spacial score (nSPS) is 10.8. The summed E-state index contributed by atoms with van der Waals surface area (Å²) in [6.07, 6.45) is 1.08. The van der Waals surface area contributed by atoms with E-state index in [0.717, 1.165) is 32.7 Å². The van der Waals surface area contributed by atoms with Gasteiger partial charge in [0.1, 0.15) is 0 Å². The van der Waals surface area contributed by atoms with Gasteiger partial charge in [0.2, 0.25) is 0 Å². The van der Waals surface area contributed by atoms with Gasteiger partial charge in [-0.25, -0.2) is 0 Å². The van der Waals surface area contributed by atoms with Gasteiger partial charge in [-0.2, -0.15) is 0 Å². The molecule has 0 heterocycles. The summed E-state index contributed by atoms with van der Waals surface area (Å²) in [7, 11) is 5.78. The van der Waals surface area contributed by atoms with Crippen LogP contribution in [0.5, 0.6) is 0 Å².